The van der Waals surface area contributed by atoms with Gasteiger partial charge in [-0.2, -0.15) is 0 Å². The molecule has 0 unspecified atom stereocenters. The summed E-state index contributed by atoms with van der Waals surface area (Å²) in [5.74, 6) is 5.95. The number of furan rings is 1. The predicted molar refractivity (Wildman–Crippen MR) is 70.9 cm³/mol. The summed E-state index contributed by atoms with van der Waals surface area (Å²) in [6, 6.07) is 8.77. The molecule has 0 aliphatic heterocycles. The van der Waals surface area contributed by atoms with Crippen molar-refractivity contribution in [1.82, 2.24) is 5.43 Å². The Morgan fingerprint density at radius 1 is 1.47 bits per heavy atom. The van der Waals surface area contributed by atoms with Crippen LogP contribution in [0.2, 0.25) is 5.02 Å². The van der Waals surface area contributed by atoms with Crippen molar-refractivity contribution in [2.24, 2.45) is 5.84 Å². The number of hydrazine groups is 1. The zero-order valence-electron chi connectivity index (χ0n) is 10.3. The summed E-state index contributed by atoms with van der Waals surface area (Å²) in [4.78, 5) is 11.4. The Morgan fingerprint density at radius 2 is 2.26 bits per heavy atom. The van der Waals surface area contributed by atoms with Gasteiger partial charge in [0.25, 0.3) is 0 Å². The molecule has 0 aliphatic carbocycles. The van der Waals surface area contributed by atoms with Crippen LogP contribution in [0, 0.1) is 6.92 Å². The molecule has 0 saturated heterocycles. The van der Waals surface area contributed by atoms with Gasteiger partial charge in [-0.3, -0.25) is 10.2 Å². The van der Waals surface area contributed by atoms with Crippen molar-refractivity contribution in [3.8, 4) is 5.75 Å². The number of rotatable bonds is 4. The summed E-state index contributed by atoms with van der Waals surface area (Å²) in [7, 11) is 0. The Kier molecular flexibility index (Phi) is 4.09. The Balaban J connectivity index is 2.06. The quantitative estimate of drug-likeness (QED) is 0.512. The first-order valence-electron chi connectivity index (χ1n) is 5.59. The third-order valence-corrected chi connectivity index (χ3v) is 2.72. The molecule has 6 heteroatoms. The van der Waals surface area contributed by atoms with Crippen LogP contribution in [0.3, 0.4) is 0 Å². The minimum atomic E-state index is -0.466. The van der Waals surface area contributed by atoms with Crippen LogP contribution in [0.5, 0.6) is 5.75 Å². The molecule has 0 bridgehead atoms. The summed E-state index contributed by atoms with van der Waals surface area (Å²) in [5.41, 5.74) is 2.73. The average Bonchev–Trinajstić information content (AvgIpc) is 2.77. The molecule has 19 heavy (non-hydrogen) atoms. The van der Waals surface area contributed by atoms with Crippen LogP contribution in [0.15, 0.2) is 34.7 Å². The molecule has 1 aromatic carbocycles. The topological polar surface area (TPSA) is 77.5 Å². The van der Waals surface area contributed by atoms with Crippen LogP contribution < -0.4 is 16.0 Å². The van der Waals surface area contributed by atoms with Gasteiger partial charge in [0.2, 0.25) is 0 Å². The van der Waals surface area contributed by atoms with E-state index in [9.17, 15) is 4.79 Å². The van der Waals surface area contributed by atoms with Crippen LogP contribution in [-0.2, 0) is 6.61 Å². The summed E-state index contributed by atoms with van der Waals surface area (Å²) in [6.45, 7) is 1.97. The molecule has 0 fully saturated rings. The van der Waals surface area contributed by atoms with Crippen molar-refractivity contribution in [3.63, 3.8) is 0 Å². The van der Waals surface area contributed by atoms with Gasteiger partial charge in [0.15, 0.2) is 5.76 Å². The molecule has 0 aliphatic rings. The highest BCUT2D eigenvalue weighted by molar-refractivity contribution is 6.30. The molecule has 0 spiro atoms. The second kappa shape index (κ2) is 5.77. The van der Waals surface area contributed by atoms with Crippen LogP contribution in [0.25, 0.3) is 0 Å². The standard InChI is InChI=1S/C13H13ClN2O3/c1-8-5-11(19-12(8)13(17)16-15)7-18-10-4-2-3-9(14)6-10/h2-6H,7,15H2,1H3,(H,16,17). The summed E-state index contributed by atoms with van der Waals surface area (Å²) < 4.78 is 10.9. The SMILES string of the molecule is Cc1cc(COc2cccc(Cl)c2)oc1C(=O)NN. The highest BCUT2D eigenvalue weighted by Crippen LogP contribution is 2.20. The fourth-order valence-corrected chi connectivity index (χ4v) is 1.80. The number of hydrogen-bond acceptors (Lipinski definition) is 4. The number of nitrogen functional groups attached to an aromatic ring is 1. The maximum atomic E-state index is 11.4. The lowest BCUT2D eigenvalue weighted by Gasteiger charge is -2.04. The minimum Gasteiger partial charge on any atom is -0.486 e. The third-order valence-electron chi connectivity index (χ3n) is 2.48. The lowest BCUT2D eigenvalue weighted by atomic mass is 10.2. The van der Waals surface area contributed by atoms with Crippen molar-refractivity contribution in [2.45, 2.75) is 13.5 Å². The van der Waals surface area contributed by atoms with Crippen LogP contribution in [0.4, 0.5) is 0 Å². The third kappa shape index (κ3) is 3.27. The number of aryl methyl sites for hydroxylation is 1. The Hall–Kier alpha value is -1.98. The van der Waals surface area contributed by atoms with E-state index in [0.29, 0.717) is 22.1 Å². The van der Waals surface area contributed by atoms with Gasteiger partial charge in [-0.25, -0.2) is 5.84 Å². The van der Waals surface area contributed by atoms with Gasteiger partial charge in [-0.15, -0.1) is 0 Å². The molecule has 1 amide bonds. The molecule has 5 nitrogen and oxygen atoms in total. The molecule has 100 valence electrons. The average molecular weight is 281 g/mol. The van der Waals surface area contributed by atoms with E-state index in [-0.39, 0.29) is 12.4 Å². The zero-order chi connectivity index (χ0) is 13.8. The summed E-state index contributed by atoms with van der Waals surface area (Å²) >= 11 is 5.85. The van der Waals surface area contributed by atoms with E-state index < -0.39 is 5.91 Å². The second-order valence-corrected chi connectivity index (χ2v) is 4.38. The number of nitrogens with two attached hydrogens (primary N) is 1. The first-order valence-corrected chi connectivity index (χ1v) is 5.96. The highest BCUT2D eigenvalue weighted by Gasteiger charge is 2.14. The maximum absolute atomic E-state index is 11.4. The first kappa shape index (κ1) is 13.5. The molecular weight excluding hydrogens is 268 g/mol. The van der Waals surface area contributed by atoms with Gasteiger partial charge < -0.3 is 9.15 Å². The maximum Gasteiger partial charge on any atom is 0.301 e. The monoisotopic (exact) mass is 280 g/mol. The minimum absolute atomic E-state index is 0.187. The van der Waals surface area contributed by atoms with E-state index in [1.807, 2.05) is 5.43 Å². The molecule has 0 radical (unpaired) electrons. The predicted octanol–water partition coefficient (Wildman–Crippen LogP) is 2.42. The molecule has 3 N–H and O–H groups in total. The number of hydrogen-bond donors (Lipinski definition) is 2. The lowest BCUT2D eigenvalue weighted by molar-refractivity contribution is 0.0921. The van der Waals surface area contributed by atoms with Gasteiger partial charge in [0.1, 0.15) is 18.1 Å². The first-order chi connectivity index (χ1) is 9.10. The van der Waals surface area contributed by atoms with Crippen molar-refractivity contribution in [3.05, 3.63) is 52.4 Å². The van der Waals surface area contributed by atoms with Gasteiger partial charge in [0.05, 0.1) is 0 Å². The number of halogens is 1. The largest absolute Gasteiger partial charge is 0.486 e. The Bertz CT molecular complexity index is 595. The normalized spacial score (nSPS) is 10.3. The van der Waals surface area contributed by atoms with Crippen LogP contribution in [-0.4, -0.2) is 5.91 Å². The zero-order valence-corrected chi connectivity index (χ0v) is 11.0. The van der Waals surface area contributed by atoms with Crippen molar-refractivity contribution < 1.29 is 13.9 Å². The highest BCUT2D eigenvalue weighted by atomic mass is 35.5. The number of ether oxygens (including phenoxy) is 1. The van der Waals surface area contributed by atoms with Crippen molar-refractivity contribution in [1.29, 1.82) is 0 Å². The van der Waals surface area contributed by atoms with E-state index in [4.69, 9.17) is 26.6 Å². The Morgan fingerprint density at radius 3 is 2.95 bits per heavy atom. The molecule has 1 aromatic heterocycles. The molecular formula is C13H13ClN2O3. The van der Waals surface area contributed by atoms with E-state index in [1.54, 1.807) is 37.3 Å². The van der Waals surface area contributed by atoms with E-state index in [0.717, 1.165) is 0 Å². The summed E-state index contributed by atoms with van der Waals surface area (Å²) in [6.07, 6.45) is 0. The van der Waals surface area contributed by atoms with Gasteiger partial charge in [-0.05, 0) is 31.2 Å². The second-order valence-electron chi connectivity index (χ2n) is 3.94. The smallest absolute Gasteiger partial charge is 0.301 e. The van der Waals surface area contributed by atoms with Gasteiger partial charge in [-0.1, -0.05) is 17.7 Å². The number of amides is 1. The fraction of sp³-hybridized carbons (Fsp3) is 0.154. The molecule has 1 heterocycles. The van der Waals surface area contributed by atoms with E-state index in [2.05, 4.69) is 0 Å². The van der Waals surface area contributed by atoms with E-state index in [1.165, 1.54) is 0 Å². The van der Waals surface area contributed by atoms with Gasteiger partial charge >= 0.3 is 5.91 Å². The lowest BCUT2D eigenvalue weighted by Crippen LogP contribution is -2.30. The van der Waals surface area contributed by atoms with Crippen molar-refractivity contribution in [2.75, 3.05) is 0 Å². The number of carbonyl (C=O) groups excluding carboxylic acids is 1. The molecule has 0 atom stereocenters. The van der Waals surface area contributed by atoms with Crippen LogP contribution >= 0.6 is 11.6 Å². The molecule has 2 rings (SSSR count). The van der Waals surface area contributed by atoms with Gasteiger partial charge in [0, 0.05) is 10.6 Å². The molecule has 2 aromatic rings. The number of carbonyl (C=O) groups is 1. The Labute approximate surface area is 115 Å². The van der Waals surface area contributed by atoms with Crippen LogP contribution in [0.1, 0.15) is 21.9 Å². The summed E-state index contributed by atoms with van der Waals surface area (Å²) in [5, 5.41) is 0.594. The van der Waals surface area contributed by atoms with Crippen molar-refractivity contribution >= 4 is 17.5 Å². The number of benzene rings is 1. The fourth-order valence-electron chi connectivity index (χ4n) is 1.62. The molecule has 0 saturated carbocycles. The van der Waals surface area contributed by atoms with E-state index >= 15 is 0 Å². The number of nitrogens with one attached hydrogen (secondary N) is 1.